The Bertz CT molecular complexity index is 987. The molecule has 1 N–H and O–H groups in total. The van der Waals surface area contributed by atoms with Crippen molar-refractivity contribution in [1.82, 2.24) is 9.62 Å². The van der Waals surface area contributed by atoms with Crippen LogP contribution in [0.5, 0.6) is 17.2 Å². The molecule has 1 atom stereocenters. The van der Waals surface area contributed by atoms with Crippen molar-refractivity contribution in [3.05, 3.63) is 48.5 Å². The number of benzene rings is 2. The number of ether oxygens (including phenoxy) is 3. The van der Waals surface area contributed by atoms with Crippen molar-refractivity contribution >= 4 is 15.9 Å². The van der Waals surface area contributed by atoms with Gasteiger partial charge in [0, 0.05) is 13.1 Å². The maximum Gasteiger partial charge on any atom is 0.264 e. The second-order valence-electron chi connectivity index (χ2n) is 7.09. The molecule has 2 heterocycles. The SMILES string of the molecule is O=C(NCCOc1ccc(S(=O)(=O)N2CCCC2)cc1)[C@H]1COc2ccccc2O1. The van der Waals surface area contributed by atoms with E-state index < -0.39 is 16.1 Å². The van der Waals surface area contributed by atoms with E-state index in [1.807, 2.05) is 12.1 Å². The smallest absolute Gasteiger partial charge is 0.264 e. The van der Waals surface area contributed by atoms with Gasteiger partial charge in [0.1, 0.15) is 19.0 Å². The van der Waals surface area contributed by atoms with Crippen molar-refractivity contribution in [2.24, 2.45) is 0 Å². The highest BCUT2D eigenvalue weighted by molar-refractivity contribution is 7.89. The first kappa shape index (κ1) is 20.5. The quantitative estimate of drug-likeness (QED) is 0.671. The van der Waals surface area contributed by atoms with E-state index in [0.29, 0.717) is 30.3 Å². The number of nitrogens with one attached hydrogen (secondary N) is 1. The molecule has 9 heteroatoms. The average Bonchev–Trinajstić information content (AvgIpc) is 3.32. The number of hydrogen-bond acceptors (Lipinski definition) is 6. The molecule has 0 aromatic heterocycles. The van der Waals surface area contributed by atoms with Gasteiger partial charge in [-0.3, -0.25) is 4.79 Å². The van der Waals surface area contributed by atoms with E-state index in [9.17, 15) is 13.2 Å². The lowest BCUT2D eigenvalue weighted by molar-refractivity contribution is -0.130. The molecule has 0 saturated carbocycles. The van der Waals surface area contributed by atoms with Crippen molar-refractivity contribution < 1.29 is 27.4 Å². The van der Waals surface area contributed by atoms with E-state index in [-0.39, 0.29) is 30.6 Å². The first-order valence-electron chi connectivity index (χ1n) is 9.93. The van der Waals surface area contributed by atoms with Crippen molar-refractivity contribution in [3.8, 4) is 17.2 Å². The highest BCUT2D eigenvalue weighted by atomic mass is 32.2. The predicted octanol–water partition coefficient (Wildman–Crippen LogP) is 1.81. The second-order valence-corrected chi connectivity index (χ2v) is 9.02. The van der Waals surface area contributed by atoms with Crippen LogP contribution < -0.4 is 19.5 Å². The van der Waals surface area contributed by atoms with Gasteiger partial charge in [0.05, 0.1) is 11.4 Å². The summed E-state index contributed by atoms with van der Waals surface area (Å²) in [5.41, 5.74) is 0. The minimum Gasteiger partial charge on any atom is -0.492 e. The van der Waals surface area contributed by atoms with Crippen molar-refractivity contribution in [3.63, 3.8) is 0 Å². The first-order chi connectivity index (χ1) is 14.5. The van der Waals surface area contributed by atoms with Gasteiger partial charge in [0.15, 0.2) is 11.5 Å². The Labute approximate surface area is 175 Å². The molecule has 2 aliphatic rings. The summed E-state index contributed by atoms with van der Waals surface area (Å²) < 4.78 is 43.3. The zero-order valence-electron chi connectivity index (χ0n) is 16.5. The number of hydrogen-bond donors (Lipinski definition) is 1. The minimum absolute atomic E-state index is 0.149. The summed E-state index contributed by atoms with van der Waals surface area (Å²) in [4.78, 5) is 12.5. The molecule has 2 aliphatic heterocycles. The van der Waals surface area contributed by atoms with Gasteiger partial charge in [0.25, 0.3) is 5.91 Å². The number of sulfonamides is 1. The van der Waals surface area contributed by atoms with Gasteiger partial charge in [0.2, 0.25) is 16.1 Å². The fourth-order valence-electron chi connectivity index (χ4n) is 3.39. The zero-order valence-corrected chi connectivity index (χ0v) is 17.3. The van der Waals surface area contributed by atoms with Gasteiger partial charge in [-0.05, 0) is 49.2 Å². The lowest BCUT2D eigenvalue weighted by Crippen LogP contribution is -2.45. The van der Waals surface area contributed by atoms with Crippen molar-refractivity contribution in [1.29, 1.82) is 0 Å². The number of rotatable bonds is 7. The summed E-state index contributed by atoms with van der Waals surface area (Å²) in [6, 6.07) is 13.6. The number of nitrogens with zero attached hydrogens (tertiary/aromatic N) is 1. The fraction of sp³-hybridized carbons (Fsp3) is 0.381. The summed E-state index contributed by atoms with van der Waals surface area (Å²) in [6.07, 6.45) is 1.09. The third kappa shape index (κ3) is 4.52. The van der Waals surface area contributed by atoms with Gasteiger partial charge in [-0.1, -0.05) is 12.1 Å². The van der Waals surface area contributed by atoms with E-state index in [1.54, 1.807) is 36.4 Å². The maximum absolute atomic E-state index is 12.5. The molecule has 8 nitrogen and oxygen atoms in total. The Morgan fingerprint density at radius 1 is 1.07 bits per heavy atom. The number of carbonyl (C=O) groups excluding carboxylic acids is 1. The highest BCUT2D eigenvalue weighted by Crippen LogP contribution is 2.30. The maximum atomic E-state index is 12.5. The molecule has 1 fully saturated rings. The van der Waals surface area contributed by atoms with Crippen LogP contribution >= 0.6 is 0 Å². The van der Waals surface area contributed by atoms with E-state index in [1.165, 1.54) is 4.31 Å². The zero-order chi connectivity index (χ0) is 21.0. The van der Waals surface area contributed by atoms with Crippen molar-refractivity contribution in [2.45, 2.75) is 23.8 Å². The molecule has 4 rings (SSSR count). The van der Waals surface area contributed by atoms with E-state index in [4.69, 9.17) is 14.2 Å². The topological polar surface area (TPSA) is 94.2 Å². The average molecular weight is 432 g/mol. The number of para-hydroxylation sites is 2. The molecule has 2 aromatic rings. The Hall–Kier alpha value is -2.78. The molecule has 0 radical (unpaired) electrons. The molecule has 0 unspecified atom stereocenters. The molecular weight excluding hydrogens is 408 g/mol. The van der Waals surface area contributed by atoms with Crippen LogP contribution in [0.4, 0.5) is 0 Å². The lowest BCUT2D eigenvalue weighted by Gasteiger charge is -2.25. The minimum atomic E-state index is -3.43. The van der Waals surface area contributed by atoms with Crippen LogP contribution in [-0.2, 0) is 14.8 Å². The Morgan fingerprint density at radius 3 is 2.50 bits per heavy atom. The van der Waals surface area contributed by atoms with Gasteiger partial charge < -0.3 is 19.5 Å². The number of amides is 1. The van der Waals surface area contributed by atoms with E-state index in [0.717, 1.165) is 12.8 Å². The Kier molecular flexibility index (Phi) is 6.10. The Morgan fingerprint density at radius 2 is 1.77 bits per heavy atom. The molecule has 0 bridgehead atoms. The van der Waals surface area contributed by atoms with Crippen LogP contribution in [0.2, 0.25) is 0 Å². The standard InChI is InChI=1S/C21H24N2O6S/c24-21(20-15-28-18-5-1-2-6-19(18)29-20)22-11-14-27-16-7-9-17(10-8-16)30(25,26)23-12-3-4-13-23/h1-2,5-10,20H,3-4,11-15H2,(H,22,24)/t20-/m1/s1. The van der Waals surface area contributed by atoms with E-state index >= 15 is 0 Å². The fourth-order valence-corrected chi connectivity index (χ4v) is 4.91. The van der Waals surface area contributed by atoms with Gasteiger partial charge in [-0.2, -0.15) is 4.31 Å². The van der Waals surface area contributed by atoms with Crippen molar-refractivity contribution in [2.75, 3.05) is 32.8 Å². The highest BCUT2D eigenvalue weighted by Gasteiger charge is 2.28. The largest absolute Gasteiger partial charge is 0.492 e. The summed E-state index contributed by atoms with van der Waals surface area (Å²) >= 11 is 0. The molecular formula is C21H24N2O6S. The van der Waals surface area contributed by atoms with Crippen LogP contribution in [0.25, 0.3) is 0 Å². The lowest BCUT2D eigenvalue weighted by atomic mass is 10.2. The molecule has 1 saturated heterocycles. The Balaban J connectivity index is 1.22. The van der Waals surface area contributed by atoms with Crippen LogP contribution in [0.3, 0.4) is 0 Å². The molecule has 2 aromatic carbocycles. The first-order valence-corrected chi connectivity index (χ1v) is 11.4. The predicted molar refractivity (Wildman–Crippen MR) is 109 cm³/mol. The summed E-state index contributed by atoms with van der Waals surface area (Å²) in [6.45, 7) is 1.82. The monoisotopic (exact) mass is 432 g/mol. The number of fused-ring (bicyclic) bond motifs is 1. The third-order valence-electron chi connectivity index (χ3n) is 5.00. The van der Waals surface area contributed by atoms with Crippen LogP contribution in [0.1, 0.15) is 12.8 Å². The summed E-state index contributed by atoms with van der Waals surface area (Å²) in [7, 11) is -3.43. The van der Waals surface area contributed by atoms with Gasteiger partial charge >= 0.3 is 0 Å². The molecule has 0 aliphatic carbocycles. The summed E-state index contributed by atoms with van der Waals surface area (Å²) in [5.74, 6) is 1.43. The summed E-state index contributed by atoms with van der Waals surface area (Å²) in [5, 5.41) is 2.75. The van der Waals surface area contributed by atoms with Gasteiger partial charge in [-0.15, -0.1) is 0 Å². The molecule has 160 valence electrons. The third-order valence-corrected chi connectivity index (χ3v) is 6.91. The second kappa shape index (κ2) is 8.93. The molecule has 30 heavy (non-hydrogen) atoms. The molecule has 1 amide bonds. The molecule has 0 spiro atoms. The van der Waals surface area contributed by atoms with Crippen LogP contribution in [-0.4, -0.2) is 57.6 Å². The van der Waals surface area contributed by atoms with Crippen LogP contribution in [0.15, 0.2) is 53.4 Å². The van der Waals surface area contributed by atoms with Gasteiger partial charge in [-0.25, -0.2) is 8.42 Å². The number of carbonyl (C=O) groups is 1. The van der Waals surface area contributed by atoms with E-state index in [2.05, 4.69) is 5.32 Å². The normalized spacial score (nSPS) is 18.7. The van der Waals surface area contributed by atoms with Crippen LogP contribution in [0, 0.1) is 0 Å².